The normalized spacial score (nSPS) is 10.9. The molecule has 0 spiro atoms. The van der Waals surface area contributed by atoms with Crippen LogP contribution in [0, 0.1) is 5.82 Å². The number of methoxy groups -OCH3 is 2. The van der Waals surface area contributed by atoms with E-state index >= 15 is 0 Å². The van der Waals surface area contributed by atoms with Crippen molar-refractivity contribution in [2.45, 2.75) is 0 Å². The van der Waals surface area contributed by atoms with E-state index in [1.165, 1.54) is 32.6 Å². The highest BCUT2D eigenvalue weighted by molar-refractivity contribution is 6.17. The van der Waals surface area contributed by atoms with Crippen molar-refractivity contribution in [1.82, 2.24) is 0 Å². The third-order valence-corrected chi connectivity index (χ3v) is 3.94. The predicted molar refractivity (Wildman–Crippen MR) is 106 cm³/mol. The Morgan fingerprint density at radius 2 is 1.28 bits per heavy atom. The summed E-state index contributed by atoms with van der Waals surface area (Å²) in [6.45, 7) is 0. The average Bonchev–Trinajstić information content (AvgIpc) is 2.75. The molecule has 0 aliphatic heterocycles. The lowest BCUT2D eigenvalue weighted by atomic mass is 10.1. The van der Waals surface area contributed by atoms with Crippen molar-refractivity contribution in [2.24, 2.45) is 0 Å². The summed E-state index contributed by atoms with van der Waals surface area (Å²) in [7, 11) is 2.72. The van der Waals surface area contributed by atoms with Gasteiger partial charge in [0.15, 0.2) is 23.1 Å². The second kappa shape index (κ2) is 9.41. The Morgan fingerprint density at radius 3 is 1.86 bits per heavy atom. The first-order chi connectivity index (χ1) is 14.1. The molecule has 0 aliphatic rings. The van der Waals surface area contributed by atoms with Gasteiger partial charge in [-0.15, -0.1) is 0 Å². The van der Waals surface area contributed by atoms with E-state index < -0.39 is 11.8 Å². The van der Waals surface area contributed by atoms with Crippen LogP contribution in [0.4, 0.5) is 4.39 Å². The second-order valence-electron chi connectivity index (χ2n) is 5.84. The van der Waals surface area contributed by atoms with Crippen LogP contribution in [0.3, 0.4) is 0 Å². The highest BCUT2D eigenvalue weighted by atomic mass is 19.1. The van der Waals surface area contributed by atoms with E-state index in [-0.39, 0.29) is 11.3 Å². The predicted octanol–water partition coefficient (Wildman–Crippen LogP) is 5.57. The number of carbonyl (C=O) groups is 1. The molecule has 0 heterocycles. The Hall–Kier alpha value is -3.80. The molecule has 3 aromatic carbocycles. The van der Waals surface area contributed by atoms with Crippen LogP contribution in [0.15, 0.2) is 79.1 Å². The van der Waals surface area contributed by atoms with Gasteiger partial charge in [0.2, 0.25) is 0 Å². The molecule has 0 unspecified atom stereocenters. The van der Waals surface area contributed by atoms with Crippen LogP contribution in [-0.2, 0) is 14.3 Å². The first-order valence-corrected chi connectivity index (χ1v) is 8.74. The summed E-state index contributed by atoms with van der Waals surface area (Å²) in [5, 5.41) is 0. The molecular formula is C23H19FO5. The fourth-order valence-electron chi connectivity index (χ4n) is 2.61. The van der Waals surface area contributed by atoms with Gasteiger partial charge in [0.25, 0.3) is 0 Å². The molecule has 5 nitrogen and oxygen atoms in total. The molecule has 3 rings (SSSR count). The summed E-state index contributed by atoms with van der Waals surface area (Å²) in [6, 6.07) is 19.9. The molecule has 0 N–H and O–H groups in total. The molecule has 0 aliphatic carbocycles. The molecule has 0 radical (unpaired) electrons. The number of carbonyl (C=O) groups excluding carboxylic acids is 1. The highest BCUT2D eigenvalue weighted by Crippen LogP contribution is 2.38. The molecular weight excluding hydrogens is 375 g/mol. The van der Waals surface area contributed by atoms with Gasteiger partial charge in [-0.1, -0.05) is 42.5 Å². The fourth-order valence-corrected chi connectivity index (χ4v) is 2.61. The quantitative estimate of drug-likeness (QED) is 0.298. The molecule has 3 aromatic rings. The van der Waals surface area contributed by atoms with Crippen LogP contribution in [0.1, 0.15) is 5.56 Å². The van der Waals surface area contributed by atoms with Crippen LogP contribution in [0.25, 0.3) is 5.57 Å². The average molecular weight is 394 g/mol. The molecule has 0 bridgehead atoms. The van der Waals surface area contributed by atoms with Crippen molar-refractivity contribution in [1.29, 1.82) is 0 Å². The molecule has 6 heteroatoms. The van der Waals surface area contributed by atoms with Gasteiger partial charge in [-0.2, -0.15) is 0 Å². The molecule has 0 saturated heterocycles. The lowest BCUT2D eigenvalue weighted by Gasteiger charge is -2.15. The molecule has 0 saturated carbocycles. The Bertz CT molecular complexity index is 1030. The maximum absolute atomic E-state index is 14.0. The third-order valence-electron chi connectivity index (χ3n) is 3.94. The van der Waals surface area contributed by atoms with E-state index in [1.807, 2.05) is 0 Å². The topological polar surface area (TPSA) is 54.0 Å². The molecule has 0 fully saturated rings. The van der Waals surface area contributed by atoms with E-state index in [0.717, 1.165) is 0 Å². The largest absolute Gasteiger partial charge is 0.503 e. The van der Waals surface area contributed by atoms with Gasteiger partial charge in [0.1, 0.15) is 11.3 Å². The van der Waals surface area contributed by atoms with Gasteiger partial charge in [0.05, 0.1) is 20.5 Å². The lowest BCUT2D eigenvalue weighted by Crippen LogP contribution is -2.06. The van der Waals surface area contributed by atoms with Gasteiger partial charge in [-0.3, -0.25) is 0 Å². The molecule has 0 amide bonds. The zero-order valence-corrected chi connectivity index (χ0v) is 15.9. The number of para-hydroxylation sites is 4. The molecule has 148 valence electrons. The van der Waals surface area contributed by atoms with Crippen molar-refractivity contribution in [2.75, 3.05) is 14.2 Å². The highest BCUT2D eigenvalue weighted by Gasteiger charge is 2.19. The van der Waals surface area contributed by atoms with E-state index in [1.54, 1.807) is 60.7 Å². The Labute approximate surface area is 167 Å². The van der Waals surface area contributed by atoms with Crippen LogP contribution in [0.5, 0.6) is 23.0 Å². The SMILES string of the molecule is CO/C=C(/C(=O)OC)c1ccccc1Oc1ccccc1Oc1ccccc1F. The Kier molecular flexibility index (Phi) is 6.47. The third kappa shape index (κ3) is 4.73. The number of benzene rings is 3. The van der Waals surface area contributed by atoms with Gasteiger partial charge >= 0.3 is 5.97 Å². The Morgan fingerprint density at radius 1 is 0.759 bits per heavy atom. The maximum atomic E-state index is 14.0. The minimum atomic E-state index is -0.571. The van der Waals surface area contributed by atoms with Crippen molar-refractivity contribution in [3.8, 4) is 23.0 Å². The standard InChI is InChI=1S/C23H19FO5/c1-26-15-17(23(25)27-2)16-9-3-5-11-19(16)28-21-13-7-8-14-22(21)29-20-12-6-4-10-18(20)24/h3-15H,1-2H3/b17-15+. The zero-order chi connectivity index (χ0) is 20.6. The van der Waals surface area contributed by atoms with E-state index in [0.29, 0.717) is 22.8 Å². The van der Waals surface area contributed by atoms with Crippen molar-refractivity contribution in [3.05, 3.63) is 90.4 Å². The summed E-state index contributed by atoms with van der Waals surface area (Å²) in [5.41, 5.74) is 0.667. The van der Waals surface area contributed by atoms with Gasteiger partial charge in [-0.05, 0) is 30.3 Å². The van der Waals surface area contributed by atoms with Crippen LogP contribution < -0.4 is 9.47 Å². The minimum Gasteiger partial charge on any atom is -0.503 e. The van der Waals surface area contributed by atoms with Crippen LogP contribution >= 0.6 is 0 Å². The Balaban J connectivity index is 1.97. The number of halogens is 1. The fraction of sp³-hybridized carbons (Fsp3) is 0.0870. The molecule has 0 atom stereocenters. The number of hydrogen-bond acceptors (Lipinski definition) is 5. The van der Waals surface area contributed by atoms with Crippen LogP contribution in [0.2, 0.25) is 0 Å². The van der Waals surface area contributed by atoms with E-state index in [4.69, 9.17) is 18.9 Å². The van der Waals surface area contributed by atoms with Crippen LogP contribution in [-0.4, -0.2) is 20.2 Å². The second-order valence-corrected chi connectivity index (χ2v) is 5.84. The number of ether oxygens (including phenoxy) is 4. The van der Waals surface area contributed by atoms with E-state index in [9.17, 15) is 9.18 Å². The lowest BCUT2D eigenvalue weighted by molar-refractivity contribution is -0.133. The summed E-state index contributed by atoms with van der Waals surface area (Å²) in [6.07, 6.45) is 1.29. The monoisotopic (exact) mass is 394 g/mol. The summed E-state index contributed by atoms with van der Waals surface area (Å²) >= 11 is 0. The number of rotatable bonds is 7. The summed E-state index contributed by atoms with van der Waals surface area (Å²) in [5.74, 6) is 0.0715. The molecule has 29 heavy (non-hydrogen) atoms. The summed E-state index contributed by atoms with van der Waals surface area (Å²) < 4.78 is 35.5. The van der Waals surface area contributed by atoms with Crippen molar-refractivity contribution < 1.29 is 28.1 Å². The summed E-state index contributed by atoms with van der Waals surface area (Å²) in [4.78, 5) is 12.2. The number of esters is 1. The van der Waals surface area contributed by atoms with Crippen molar-refractivity contribution >= 4 is 11.5 Å². The van der Waals surface area contributed by atoms with E-state index in [2.05, 4.69) is 0 Å². The smallest absolute Gasteiger partial charge is 0.341 e. The number of hydrogen-bond donors (Lipinski definition) is 0. The first kappa shape index (κ1) is 19.9. The van der Waals surface area contributed by atoms with Gasteiger partial charge in [0, 0.05) is 5.56 Å². The minimum absolute atomic E-state index is 0.0753. The van der Waals surface area contributed by atoms with Crippen molar-refractivity contribution in [3.63, 3.8) is 0 Å². The maximum Gasteiger partial charge on any atom is 0.341 e. The van der Waals surface area contributed by atoms with Gasteiger partial charge in [-0.25, -0.2) is 9.18 Å². The molecule has 0 aromatic heterocycles. The first-order valence-electron chi connectivity index (χ1n) is 8.74. The van der Waals surface area contributed by atoms with Gasteiger partial charge < -0.3 is 18.9 Å². The zero-order valence-electron chi connectivity index (χ0n) is 15.9.